The van der Waals surface area contributed by atoms with Crippen molar-refractivity contribution in [3.05, 3.63) is 0 Å². The summed E-state index contributed by atoms with van der Waals surface area (Å²) in [6.07, 6.45) is 20.1. The van der Waals surface area contributed by atoms with Gasteiger partial charge in [0.15, 0.2) is 0 Å². The van der Waals surface area contributed by atoms with Crippen molar-refractivity contribution in [2.45, 2.75) is 96.8 Å². The van der Waals surface area contributed by atoms with Crippen molar-refractivity contribution in [1.29, 1.82) is 0 Å². The molecule has 0 unspecified atom stereocenters. The molecule has 18 heavy (non-hydrogen) atoms. The molecule has 0 rings (SSSR count). The number of hydrogen-bond donors (Lipinski definition) is 1. The molecule has 0 atom stereocenters. The Kier molecular flexibility index (Phi) is 25.7. The number of rotatable bonds is 14. The largest absolute Gasteiger partial charge is 3.00 e. The van der Waals surface area contributed by atoms with Crippen molar-refractivity contribution in [3.8, 4) is 0 Å². The van der Waals surface area contributed by atoms with Crippen LogP contribution in [0.2, 0.25) is 0 Å². The number of hydrogen-bond acceptors (Lipinski definition) is 1. The standard InChI is InChI=1S/C16H34S.Ce/c1-2-3-4-5-6-7-8-9-10-11-12-13-14-15-16-17;/h17H,2-16H2,1H3;/q;+3. The van der Waals surface area contributed by atoms with Crippen LogP contribution in [-0.2, 0) is 0 Å². The normalized spacial score (nSPS) is 10.3. The van der Waals surface area contributed by atoms with E-state index in [0.29, 0.717) is 0 Å². The molecule has 0 bridgehead atoms. The zero-order valence-corrected chi connectivity index (χ0v) is 16.6. The Morgan fingerprint density at radius 2 is 0.778 bits per heavy atom. The van der Waals surface area contributed by atoms with Gasteiger partial charge in [0.25, 0.3) is 0 Å². The molecule has 0 saturated carbocycles. The Labute approximate surface area is 155 Å². The third-order valence-corrected chi connectivity index (χ3v) is 3.83. The van der Waals surface area contributed by atoms with E-state index in [1.807, 2.05) is 0 Å². The molecule has 0 aromatic heterocycles. The summed E-state index contributed by atoms with van der Waals surface area (Å²) in [4.78, 5) is 0. The first-order chi connectivity index (χ1) is 8.41. The summed E-state index contributed by atoms with van der Waals surface area (Å²) >= 11 is 4.23. The topological polar surface area (TPSA) is 0 Å². The molecule has 1 radical (unpaired) electrons. The summed E-state index contributed by atoms with van der Waals surface area (Å²) in [5, 5.41) is 0. The van der Waals surface area contributed by atoms with Gasteiger partial charge in [-0.1, -0.05) is 90.4 Å². The van der Waals surface area contributed by atoms with Crippen molar-refractivity contribution in [2.24, 2.45) is 0 Å². The van der Waals surface area contributed by atoms with Gasteiger partial charge < -0.3 is 0 Å². The van der Waals surface area contributed by atoms with Crippen LogP contribution in [0.1, 0.15) is 96.8 Å². The van der Waals surface area contributed by atoms with Gasteiger partial charge in [-0.15, -0.1) is 0 Å². The van der Waals surface area contributed by atoms with Crippen molar-refractivity contribution < 1.29 is 41.7 Å². The van der Waals surface area contributed by atoms with Crippen molar-refractivity contribution >= 4 is 12.6 Å². The average molecular weight is 399 g/mol. The average Bonchev–Trinajstić information content (AvgIpc) is 2.35. The van der Waals surface area contributed by atoms with Crippen molar-refractivity contribution in [2.75, 3.05) is 5.75 Å². The zero-order valence-electron chi connectivity index (χ0n) is 12.6. The molecule has 105 valence electrons. The number of unbranched alkanes of at least 4 members (excludes halogenated alkanes) is 13. The predicted molar refractivity (Wildman–Crippen MR) is 84.2 cm³/mol. The molecular formula is C16H34CeS+3. The molecule has 0 aromatic rings. The maximum atomic E-state index is 4.23. The summed E-state index contributed by atoms with van der Waals surface area (Å²) in [5.41, 5.74) is 0. The van der Waals surface area contributed by atoms with Gasteiger partial charge in [-0.2, -0.15) is 12.6 Å². The first-order valence-corrected chi connectivity index (χ1v) is 8.66. The molecule has 0 spiro atoms. The quantitative estimate of drug-likeness (QED) is 0.254. The van der Waals surface area contributed by atoms with Crippen LogP contribution in [0.15, 0.2) is 0 Å². The molecule has 0 amide bonds. The van der Waals surface area contributed by atoms with Crippen LogP contribution in [-0.4, -0.2) is 5.75 Å². The van der Waals surface area contributed by atoms with E-state index in [9.17, 15) is 0 Å². The zero-order chi connectivity index (χ0) is 12.6. The molecule has 0 saturated heterocycles. The van der Waals surface area contributed by atoms with Gasteiger partial charge in [0.1, 0.15) is 0 Å². The van der Waals surface area contributed by atoms with E-state index in [-0.39, 0.29) is 41.7 Å². The van der Waals surface area contributed by atoms with Gasteiger partial charge in [0.2, 0.25) is 0 Å². The molecular weight excluding hydrogens is 364 g/mol. The second kappa shape index (κ2) is 21.0. The monoisotopic (exact) mass is 398 g/mol. The van der Waals surface area contributed by atoms with Crippen LogP contribution in [0.3, 0.4) is 0 Å². The van der Waals surface area contributed by atoms with E-state index >= 15 is 0 Å². The van der Waals surface area contributed by atoms with E-state index in [4.69, 9.17) is 0 Å². The second-order valence-electron chi connectivity index (χ2n) is 5.32. The molecule has 0 N–H and O–H groups in total. The molecule has 0 nitrogen and oxygen atoms in total. The van der Waals surface area contributed by atoms with E-state index < -0.39 is 0 Å². The summed E-state index contributed by atoms with van der Waals surface area (Å²) in [6, 6.07) is 0. The molecule has 0 fully saturated rings. The summed E-state index contributed by atoms with van der Waals surface area (Å²) < 4.78 is 0. The first kappa shape index (κ1) is 22.0. The minimum atomic E-state index is 0. The van der Waals surface area contributed by atoms with Crippen LogP contribution in [0.25, 0.3) is 0 Å². The van der Waals surface area contributed by atoms with Gasteiger partial charge in [0, 0.05) is 0 Å². The van der Waals surface area contributed by atoms with Gasteiger partial charge in [-0.05, 0) is 12.2 Å². The Morgan fingerprint density at radius 1 is 0.500 bits per heavy atom. The van der Waals surface area contributed by atoms with E-state index in [0.717, 1.165) is 5.75 Å². The summed E-state index contributed by atoms with van der Waals surface area (Å²) in [7, 11) is 0. The SMILES string of the molecule is CCCCCCCCCCCCCCCCS.[Ce+3]. The van der Waals surface area contributed by atoms with Gasteiger partial charge in [-0.3, -0.25) is 0 Å². The molecule has 2 heteroatoms. The van der Waals surface area contributed by atoms with Gasteiger partial charge in [0.05, 0.1) is 0 Å². The van der Waals surface area contributed by atoms with E-state index in [2.05, 4.69) is 19.6 Å². The fourth-order valence-corrected chi connectivity index (χ4v) is 2.53. The van der Waals surface area contributed by atoms with Crippen LogP contribution in [0.5, 0.6) is 0 Å². The van der Waals surface area contributed by atoms with Gasteiger partial charge >= 0.3 is 41.7 Å². The van der Waals surface area contributed by atoms with Crippen molar-refractivity contribution in [3.63, 3.8) is 0 Å². The minimum Gasteiger partial charge on any atom is -0.179 e. The van der Waals surface area contributed by atoms with Crippen LogP contribution in [0, 0.1) is 41.7 Å². The maximum Gasteiger partial charge on any atom is 3.00 e. The fraction of sp³-hybridized carbons (Fsp3) is 1.00. The Bertz CT molecular complexity index is 114. The van der Waals surface area contributed by atoms with Gasteiger partial charge in [-0.25, -0.2) is 0 Å². The smallest absolute Gasteiger partial charge is 0.179 e. The maximum absolute atomic E-state index is 4.23. The molecule has 0 aliphatic rings. The van der Waals surface area contributed by atoms with E-state index in [1.54, 1.807) is 0 Å². The van der Waals surface area contributed by atoms with Crippen LogP contribution >= 0.6 is 12.6 Å². The van der Waals surface area contributed by atoms with Crippen molar-refractivity contribution in [1.82, 2.24) is 0 Å². The third-order valence-electron chi connectivity index (χ3n) is 3.51. The predicted octanol–water partition coefficient (Wildman–Crippen LogP) is 6.40. The molecule has 0 aliphatic carbocycles. The Balaban J connectivity index is 0. The molecule has 0 heterocycles. The summed E-state index contributed by atoms with van der Waals surface area (Å²) in [5.74, 6) is 1.07. The molecule has 0 aliphatic heterocycles. The second-order valence-corrected chi connectivity index (χ2v) is 5.77. The molecule has 0 aromatic carbocycles. The minimum absolute atomic E-state index is 0. The van der Waals surface area contributed by atoms with Crippen LogP contribution < -0.4 is 0 Å². The Hall–Kier alpha value is 1.73. The Morgan fingerprint density at radius 3 is 1.06 bits per heavy atom. The summed E-state index contributed by atoms with van der Waals surface area (Å²) in [6.45, 7) is 2.29. The first-order valence-electron chi connectivity index (χ1n) is 8.02. The fourth-order valence-electron chi connectivity index (χ4n) is 2.31. The third kappa shape index (κ3) is 20.1. The van der Waals surface area contributed by atoms with E-state index in [1.165, 1.54) is 89.9 Å². The van der Waals surface area contributed by atoms with Crippen LogP contribution in [0.4, 0.5) is 0 Å². The number of thiol groups is 1.